The van der Waals surface area contributed by atoms with Gasteiger partial charge in [-0.2, -0.15) is 0 Å². The van der Waals surface area contributed by atoms with Crippen LogP contribution in [0.15, 0.2) is 82.0 Å². The van der Waals surface area contributed by atoms with Crippen LogP contribution in [0.1, 0.15) is 30.9 Å². The van der Waals surface area contributed by atoms with Gasteiger partial charge >= 0.3 is 5.63 Å². The summed E-state index contributed by atoms with van der Waals surface area (Å²) in [7, 11) is 1.55. The number of anilines is 1. The summed E-state index contributed by atoms with van der Waals surface area (Å²) in [5, 5.41) is 3.53. The summed E-state index contributed by atoms with van der Waals surface area (Å²) in [6, 6.07) is 21.6. The minimum absolute atomic E-state index is 0.0481. The van der Waals surface area contributed by atoms with Gasteiger partial charge in [-0.1, -0.05) is 36.4 Å². The topological polar surface area (TPSA) is 87.0 Å². The molecule has 0 fully saturated rings. The molecular formula is C28H25NO6. The van der Waals surface area contributed by atoms with Gasteiger partial charge in [-0.05, 0) is 55.8 Å². The molecule has 1 aliphatic heterocycles. The fraction of sp³-hybridized carbons (Fsp3) is 0.214. The summed E-state index contributed by atoms with van der Waals surface area (Å²) >= 11 is 0. The molecule has 1 aliphatic rings. The van der Waals surface area contributed by atoms with Gasteiger partial charge in [0.1, 0.15) is 11.3 Å². The van der Waals surface area contributed by atoms with Crippen LogP contribution < -0.4 is 25.2 Å². The Labute approximate surface area is 202 Å². The van der Waals surface area contributed by atoms with Gasteiger partial charge in [0.15, 0.2) is 17.6 Å². The van der Waals surface area contributed by atoms with E-state index in [4.69, 9.17) is 18.6 Å². The number of carbonyl (C=O) groups is 1. The fourth-order valence-electron chi connectivity index (χ4n) is 4.39. The Kier molecular flexibility index (Phi) is 5.91. The highest BCUT2D eigenvalue weighted by Gasteiger charge is 2.44. The lowest BCUT2D eigenvalue weighted by atomic mass is 9.88. The van der Waals surface area contributed by atoms with E-state index in [0.717, 1.165) is 0 Å². The molecule has 0 radical (unpaired) electrons. The lowest BCUT2D eigenvalue weighted by Gasteiger charge is -2.20. The maximum atomic E-state index is 13.5. The van der Waals surface area contributed by atoms with Crippen LogP contribution in [-0.4, -0.2) is 25.2 Å². The molecule has 7 nitrogen and oxygen atoms in total. The largest absolute Gasteiger partial charge is 0.493 e. The van der Waals surface area contributed by atoms with Crippen LogP contribution in [0.3, 0.4) is 0 Å². The van der Waals surface area contributed by atoms with Gasteiger partial charge in [0, 0.05) is 5.69 Å². The molecular weight excluding hydrogens is 446 g/mol. The van der Waals surface area contributed by atoms with Crippen molar-refractivity contribution in [3.05, 3.63) is 94.3 Å². The number of ether oxygens (including phenoxy) is 3. The number of carbonyl (C=O) groups excluding carboxylic acids is 1. The highest BCUT2D eigenvalue weighted by Crippen LogP contribution is 2.46. The highest BCUT2D eigenvalue weighted by molar-refractivity contribution is 5.97. The summed E-state index contributed by atoms with van der Waals surface area (Å²) in [5.74, 6) is 0.341. The molecule has 4 aromatic rings. The molecule has 1 amide bonds. The Hall–Kier alpha value is -4.26. The minimum Gasteiger partial charge on any atom is -0.493 e. The van der Waals surface area contributed by atoms with Crippen molar-refractivity contribution in [1.29, 1.82) is 0 Å². The first-order chi connectivity index (χ1) is 17.0. The van der Waals surface area contributed by atoms with Gasteiger partial charge in [0.05, 0.1) is 30.1 Å². The standard InChI is InChI=1S/C28H25NO6/c1-16(2)33-21-14-13-17(15-22(21)32-3)23-24-25(19-11-7-8-12-20(19)34-28(24)31)35-26(23)27(30)29-18-9-5-4-6-10-18/h4-16,23,26H,1-3H3,(H,29,30). The van der Waals surface area contributed by atoms with Crippen LogP contribution >= 0.6 is 0 Å². The fourth-order valence-corrected chi connectivity index (χ4v) is 4.39. The number of amides is 1. The second-order valence-corrected chi connectivity index (χ2v) is 8.58. The van der Waals surface area contributed by atoms with Crippen LogP contribution in [-0.2, 0) is 4.79 Å². The zero-order valence-corrected chi connectivity index (χ0v) is 19.6. The predicted octanol–water partition coefficient (Wildman–Crippen LogP) is 5.12. The van der Waals surface area contributed by atoms with Crippen molar-refractivity contribution in [2.45, 2.75) is 32.0 Å². The second kappa shape index (κ2) is 9.18. The molecule has 2 atom stereocenters. The van der Waals surface area contributed by atoms with E-state index in [0.29, 0.717) is 45.0 Å². The van der Waals surface area contributed by atoms with E-state index < -0.39 is 17.6 Å². The number of rotatable bonds is 6. The number of methoxy groups -OCH3 is 1. The SMILES string of the molecule is COc1cc(C2c3c(c4ccccc4oc3=O)OC2C(=O)Nc2ccccc2)ccc1OC(C)C. The van der Waals surface area contributed by atoms with E-state index in [2.05, 4.69) is 5.32 Å². The van der Waals surface area contributed by atoms with Gasteiger partial charge in [-0.15, -0.1) is 0 Å². The second-order valence-electron chi connectivity index (χ2n) is 8.58. The average molecular weight is 472 g/mol. The average Bonchev–Trinajstić information content (AvgIpc) is 3.26. The quantitative estimate of drug-likeness (QED) is 0.393. The molecule has 0 saturated heterocycles. The molecule has 2 heterocycles. The third-order valence-electron chi connectivity index (χ3n) is 5.87. The first-order valence-electron chi connectivity index (χ1n) is 11.4. The van der Waals surface area contributed by atoms with E-state index in [9.17, 15) is 9.59 Å². The van der Waals surface area contributed by atoms with E-state index in [1.54, 1.807) is 43.5 Å². The molecule has 0 saturated carbocycles. The molecule has 7 heteroatoms. The minimum atomic E-state index is -1.000. The van der Waals surface area contributed by atoms with Crippen LogP contribution in [0.5, 0.6) is 17.2 Å². The molecule has 2 unspecified atom stereocenters. The number of nitrogens with one attached hydrogen (secondary N) is 1. The smallest absolute Gasteiger partial charge is 0.344 e. The van der Waals surface area contributed by atoms with Gasteiger partial charge in [0.25, 0.3) is 5.91 Å². The molecule has 0 aliphatic carbocycles. The number of benzene rings is 3. The molecule has 35 heavy (non-hydrogen) atoms. The maximum absolute atomic E-state index is 13.5. The molecule has 5 rings (SSSR count). The maximum Gasteiger partial charge on any atom is 0.344 e. The Balaban J connectivity index is 1.64. The number of hydrogen-bond acceptors (Lipinski definition) is 6. The monoisotopic (exact) mass is 471 g/mol. The summed E-state index contributed by atoms with van der Waals surface area (Å²) in [4.78, 5) is 26.6. The lowest BCUT2D eigenvalue weighted by Crippen LogP contribution is -2.35. The first-order valence-corrected chi connectivity index (χ1v) is 11.4. The van der Waals surface area contributed by atoms with Crippen LogP contribution in [0.25, 0.3) is 11.0 Å². The van der Waals surface area contributed by atoms with Crippen LogP contribution in [0.2, 0.25) is 0 Å². The Morgan fingerprint density at radius 2 is 1.71 bits per heavy atom. The van der Waals surface area contributed by atoms with E-state index >= 15 is 0 Å². The summed E-state index contributed by atoms with van der Waals surface area (Å²) in [5.41, 5.74) is 1.47. The van der Waals surface area contributed by atoms with Gasteiger partial charge in [-0.25, -0.2) is 4.79 Å². The number of hydrogen-bond donors (Lipinski definition) is 1. The summed E-state index contributed by atoms with van der Waals surface area (Å²) in [6.07, 6.45) is -1.05. The molecule has 1 N–H and O–H groups in total. The summed E-state index contributed by atoms with van der Waals surface area (Å²) < 4.78 is 23.2. The Morgan fingerprint density at radius 1 is 0.971 bits per heavy atom. The molecule has 3 aromatic carbocycles. The van der Waals surface area contributed by atoms with Crippen molar-refractivity contribution in [3.8, 4) is 17.2 Å². The van der Waals surface area contributed by atoms with Crippen molar-refractivity contribution in [2.75, 3.05) is 12.4 Å². The number of fused-ring (bicyclic) bond motifs is 3. The van der Waals surface area contributed by atoms with Crippen molar-refractivity contribution >= 4 is 22.6 Å². The predicted molar refractivity (Wildman–Crippen MR) is 133 cm³/mol. The third kappa shape index (κ3) is 4.21. The van der Waals surface area contributed by atoms with E-state index in [1.165, 1.54) is 0 Å². The third-order valence-corrected chi connectivity index (χ3v) is 5.87. The first kappa shape index (κ1) is 22.5. The summed E-state index contributed by atoms with van der Waals surface area (Å²) in [6.45, 7) is 3.85. The van der Waals surface area contributed by atoms with E-state index in [1.807, 2.05) is 50.2 Å². The lowest BCUT2D eigenvalue weighted by molar-refractivity contribution is -0.122. The zero-order valence-electron chi connectivity index (χ0n) is 19.6. The van der Waals surface area contributed by atoms with Crippen molar-refractivity contribution < 1.29 is 23.4 Å². The number of para-hydroxylation sites is 2. The van der Waals surface area contributed by atoms with Crippen molar-refractivity contribution in [1.82, 2.24) is 0 Å². The van der Waals surface area contributed by atoms with Gasteiger partial charge in [0.2, 0.25) is 0 Å². The van der Waals surface area contributed by atoms with Gasteiger partial charge < -0.3 is 23.9 Å². The van der Waals surface area contributed by atoms with Crippen molar-refractivity contribution in [3.63, 3.8) is 0 Å². The highest BCUT2D eigenvalue weighted by atomic mass is 16.5. The van der Waals surface area contributed by atoms with Crippen LogP contribution in [0.4, 0.5) is 5.69 Å². The zero-order chi connectivity index (χ0) is 24.5. The van der Waals surface area contributed by atoms with E-state index in [-0.39, 0.29) is 12.0 Å². The Morgan fingerprint density at radius 3 is 2.46 bits per heavy atom. The molecule has 1 aromatic heterocycles. The Bertz CT molecular complexity index is 1440. The van der Waals surface area contributed by atoms with Crippen LogP contribution in [0, 0.1) is 0 Å². The van der Waals surface area contributed by atoms with Crippen molar-refractivity contribution in [2.24, 2.45) is 0 Å². The van der Waals surface area contributed by atoms with Gasteiger partial charge in [-0.3, -0.25) is 4.79 Å². The molecule has 0 bridgehead atoms. The molecule has 0 spiro atoms. The normalized spacial score (nSPS) is 16.6. The molecule has 178 valence electrons.